The van der Waals surface area contributed by atoms with Crippen molar-refractivity contribution in [1.29, 1.82) is 0 Å². The van der Waals surface area contributed by atoms with E-state index in [2.05, 4.69) is 38.8 Å². The average Bonchev–Trinajstić information content (AvgIpc) is 2.74. The van der Waals surface area contributed by atoms with Gasteiger partial charge in [0.15, 0.2) is 0 Å². The molecule has 1 aliphatic rings. The molecule has 3 heteroatoms. The first-order valence-corrected chi connectivity index (χ1v) is 7.74. The Bertz CT molecular complexity index is 143. The molecule has 0 N–H and O–H groups in total. The van der Waals surface area contributed by atoms with E-state index in [1.165, 1.54) is 32.1 Å². The van der Waals surface area contributed by atoms with E-state index in [9.17, 15) is 0 Å². The Morgan fingerprint density at radius 3 is 2.50 bits per heavy atom. The Morgan fingerprint density at radius 2 is 2.07 bits per heavy atom. The van der Waals surface area contributed by atoms with Crippen molar-refractivity contribution in [2.75, 3.05) is 17.3 Å². The fourth-order valence-electron chi connectivity index (χ4n) is 1.87. The summed E-state index contributed by atoms with van der Waals surface area (Å²) in [6, 6.07) is 0. The minimum atomic E-state index is 0.436. The zero-order chi connectivity index (χ0) is 10.4. The third-order valence-electron chi connectivity index (χ3n) is 3.34. The van der Waals surface area contributed by atoms with Gasteiger partial charge in [0.25, 0.3) is 0 Å². The zero-order valence-electron chi connectivity index (χ0n) is 8.90. The van der Waals surface area contributed by atoms with Gasteiger partial charge in [-0.3, -0.25) is 0 Å². The molecule has 1 rings (SSSR count). The Kier molecular flexibility index (Phi) is 6.02. The quantitative estimate of drug-likeness (QED) is 0.666. The lowest BCUT2D eigenvalue weighted by molar-refractivity contribution is 0.0924. The number of alkyl halides is 2. The number of ether oxygens (including phenoxy) is 1. The summed E-state index contributed by atoms with van der Waals surface area (Å²) in [4.78, 5) is 0. The summed E-state index contributed by atoms with van der Waals surface area (Å²) in [6.45, 7) is 3.25. The molecule has 0 aromatic carbocycles. The van der Waals surface area contributed by atoms with Gasteiger partial charge in [-0.15, -0.1) is 0 Å². The summed E-state index contributed by atoms with van der Waals surface area (Å²) >= 11 is 7.26. The van der Waals surface area contributed by atoms with Gasteiger partial charge in [-0.25, -0.2) is 0 Å². The van der Waals surface area contributed by atoms with Crippen LogP contribution in [0.4, 0.5) is 0 Å². The first kappa shape index (κ1) is 13.0. The van der Waals surface area contributed by atoms with Gasteiger partial charge in [-0.1, -0.05) is 38.8 Å². The van der Waals surface area contributed by atoms with Gasteiger partial charge in [0.1, 0.15) is 0 Å². The Hall–Kier alpha value is 0.920. The van der Waals surface area contributed by atoms with Crippen molar-refractivity contribution < 1.29 is 4.74 Å². The van der Waals surface area contributed by atoms with E-state index < -0.39 is 0 Å². The highest BCUT2D eigenvalue weighted by molar-refractivity contribution is 9.09. The molecule has 0 aromatic heterocycles. The van der Waals surface area contributed by atoms with Crippen LogP contribution in [0.5, 0.6) is 0 Å². The first-order chi connectivity index (χ1) is 6.76. The van der Waals surface area contributed by atoms with Crippen molar-refractivity contribution in [2.45, 2.75) is 45.1 Å². The van der Waals surface area contributed by atoms with Crippen LogP contribution in [0.15, 0.2) is 0 Å². The van der Waals surface area contributed by atoms with E-state index in [4.69, 9.17) is 4.74 Å². The van der Waals surface area contributed by atoms with Crippen LogP contribution in [0.1, 0.15) is 39.0 Å². The normalized spacial score (nSPS) is 22.9. The molecule has 1 unspecified atom stereocenters. The summed E-state index contributed by atoms with van der Waals surface area (Å²) in [6.07, 6.45) is 6.79. The molecule has 1 atom stereocenters. The largest absolute Gasteiger partial charge is 0.378 e. The fourth-order valence-corrected chi connectivity index (χ4v) is 4.16. The zero-order valence-corrected chi connectivity index (χ0v) is 12.1. The first-order valence-electron chi connectivity index (χ1n) is 5.50. The van der Waals surface area contributed by atoms with Crippen molar-refractivity contribution in [3.8, 4) is 0 Å². The predicted octanol–water partition coefficient (Wildman–Crippen LogP) is 4.13. The molecule has 0 radical (unpaired) electrons. The van der Waals surface area contributed by atoms with Crippen molar-refractivity contribution in [3.63, 3.8) is 0 Å². The molecule has 1 nitrogen and oxygen atoms in total. The second-order valence-electron chi connectivity index (χ2n) is 4.29. The highest BCUT2D eigenvalue weighted by Gasteiger charge is 2.27. The lowest BCUT2D eigenvalue weighted by Gasteiger charge is -2.29. The van der Waals surface area contributed by atoms with Crippen LogP contribution >= 0.6 is 31.9 Å². The molecular weight excluding hydrogens is 308 g/mol. The monoisotopic (exact) mass is 326 g/mol. The van der Waals surface area contributed by atoms with Crippen LogP contribution in [0, 0.1) is 5.41 Å². The summed E-state index contributed by atoms with van der Waals surface area (Å²) in [5.74, 6) is 0. The molecule has 1 aliphatic heterocycles. The molecular formula is C11H20Br2O. The van der Waals surface area contributed by atoms with Crippen molar-refractivity contribution in [3.05, 3.63) is 0 Å². The van der Waals surface area contributed by atoms with Crippen molar-refractivity contribution in [1.82, 2.24) is 0 Å². The smallest absolute Gasteiger partial charge is 0.0576 e. The summed E-state index contributed by atoms with van der Waals surface area (Å²) in [7, 11) is 0. The lowest BCUT2D eigenvalue weighted by Crippen LogP contribution is -2.25. The van der Waals surface area contributed by atoms with Crippen molar-refractivity contribution >= 4 is 31.9 Å². The third-order valence-corrected chi connectivity index (χ3v) is 5.72. The number of halogens is 2. The van der Waals surface area contributed by atoms with Gasteiger partial charge in [-0.05, 0) is 37.5 Å². The molecule has 1 saturated heterocycles. The van der Waals surface area contributed by atoms with Gasteiger partial charge >= 0.3 is 0 Å². The van der Waals surface area contributed by atoms with E-state index in [1.807, 2.05) is 0 Å². The second-order valence-corrected chi connectivity index (χ2v) is 5.42. The maximum absolute atomic E-state index is 5.65. The fraction of sp³-hybridized carbons (Fsp3) is 1.00. The van der Waals surface area contributed by atoms with Crippen LogP contribution in [0.2, 0.25) is 0 Å². The van der Waals surface area contributed by atoms with Gasteiger partial charge in [0.05, 0.1) is 6.10 Å². The average molecular weight is 328 g/mol. The molecule has 0 saturated carbocycles. The van der Waals surface area contributed by atoms with Crippen LogP contribution in [-0.4, -0.2) is 23.4 Å². The van der Waals surface area contributed by atoms with Gasteiger partial charge in [0.2, 0.25) is 0 Å². The lowest BCUT2D eigenvalue weighted by atomic mass is 9.84. The minimum absolute atomic E-state index is 0.436. The summed E-state index contributed by atoms with van der Waals surface area (Å²) < 4.78 is 5.65. The summed E-state index contributed by atoms with van der Waals surface area (Å²) in [5.41, 5.74) is 0.436. The molecule has 84 valence electrons. The second kappa shape index (κ2) is 6.49. The van der Waals surface area contributed by atoms with Crippen LogP contribution in [-0.2, 0) is 4.74 Å². The van der Waals surface area contributed by atoms with Crippen molar-refractivity contribution in [2.24, 2.45) is 5.41 Å². The number of rotatable bonds is 6. The van der Waals surface area contributed by atoms with Crippen LogP contribution in [0.3, 0.4) is 0 Å². The number of hydrogen-bond donors (Lipinski definition) is 0. The molecule has 1 heterocycles. The van der Waals surface area contributed by atoms with E-state index in [0.29, 0.717) is 11.5 Å². The Balaban J connectivity index is 2.31. The van der Waals surface area contributed by atoms with E-state index in [-0.39, 0.29) is 0 Å². The highest BCUT2D eigenvalue weighted by atomic mass is 79.9. The molecule has 0 bridgehead atoms. The topological polar surface area (TPSA) is 9.23 Å². The molecule has 0 aliphatic carbocycles. The van der Waals surface area contributed by atoms with Gasteiger partial charge < -0.3 is 4.74 Å². The number of hydrogen-bond acceptors (Lipinski definition) is 1. The van der Waals surface area contributed by atoms with Crippen LogP contribution < -0.4 is 0 Å². The Morgan fingerprint density at radius 1 is 1.36 bits per heavy atom. The summed E-state index contributed by atoms with van der Waals surface area (Å²) in [5, 5.41) is 2.18. The van der Waals surface area contributed by atoms with E-state index in [1.54, 1.807) is 0 Å². The van der Waals surface area contributed by atoms with Gasteiger partial charge in [-0.2, -0.15) is 0 Å². The Labute approximate surface area is 104 Å². The van der Waals surface area contributed by atoms with E-state index in [0.717, 1.165) is 17.3 Å². The highest BCUT2D eigenvalue weighted by Crippen LogP contribution is 2.34. The molecule has 0 spiro atoms. The van der Waals surface area contributed by atoms with E-state index >= 15 is 0 Å². The maximum Gasteiger partial charge on any atom is 0.0576 e. The standard InChI is InChI=1S/C11H20Br2O/c1-2-11(8-12,9-13)6-5-10-4-3-7-14-10/h10H,2-9H2,1H3. The van der Waals surface area contributed by atoms with Crippen LogP contribution in [0.25, 0.3) is 0 Å². The maximum atomic E-state index is 5.65. The predicted molar refractivity (Wildman–Crippen MR) is 68.5 cm³/mol. The SMILES string of the molecule is CCC(CBr)(CBr)CCC1CCCO1. The minimum Gasteiger partial charge on any atom is -0.378 e. The molecule has 0 aromatic rings. The molecule has 14 heavy (non-hydrogen) atoms. The molecule has 1 fully saturated rings. The molecule has 0 amide bonds. The van der Waals surface area contributed by atoms with Gasteiger partial charge in [0, 0.05) is 17.3 Å². The third kappa shape index (κ3) is 3.49.